The lowest BCUT2D eigenvalue weighted by molar-refractivity contribution is -0.141. The molecule has 3 nitrogen and oxygen atoms in total. The molecule has 14 heavy (non-hydrogen) atoms. The van der Waals surface area contributed by atoms with Crippen LogP contribution < -0.4 is 5.73 Å². The quantitative estimate of drug-likeness (QED) is 0.744. The van der Waals surface area contributed by atoms with E-state index in [1.807, 2.05) is 18.9 Å². The van der Waals surface area contributed by atoms with Gasteiger partial charge in [0.2, 0.25) is 5.91 Å². The first-order valence-corrected chi connectivity index (χ1v) is 5.48. The third-order valence-corrected chi connectivity index (χ3v) is 3.55. The van der Waals surface area contributed by atoms with Crippen molar-refractivity contribution in [1.82, 2.24) is 4.90 Å². The Balaban J connectivity index is 2.63. The topological polar surface area (TPSA) is 46.3 Å². The van der Waals surface area contributed by atoms with Gasteiger partial charge in [0, 0.05) is 25.0 Å². The van der Waals surface area contributed by atoms with Gasteiger partial charge in [-0.15, -0.1) is 0 Å². The lowest BCUT2D eigenvalue weighted by atomic mass is 9.87. The van der Waals surface area contributed by atoms with Crippen molar-refractivity contribution in [2.24, 2.45) is 11.1 Å². The van der Waals surface area contributed by atoms with Crippen LogP contribution in [-0.2, 0) is 4.79 Å². The summed E-state index contributed by atoms with van der Waals surface area (Å²) in [7, 11) is 1.86. The number of nitrogens with zero attached hydrogens (tertiary/aromatic N) is 1. The summed E-state index contributed by atoms with van der Waals surface area (Å²) in [4.78, 5) is 13.9. The Bertz CT molecular complexity index is 209. The molecule has 1 atom stereocenters. The largest absolute Gasteiger partial charge is 0.341 e. The van der Waals surface area contributed by atoms with Gasteiger partial charge in [0.05, 0.1) is 0 Å². The molecule has 1 rings (SSSR count). The molecule has 82 valence electrons. The van der Waals surface area contributed by atoms with Crippen LogP contribution in [0.3, 0.4) is 0 Å². The number of carbonyl (C=O) groups excluding carboxylic acids is 1. The van der Waals surface area contributed by atoms with E-state index in [0.29, 0.717) is 6.54 Å². The highest BCUT2D eigenvalue weighted by Gasteiger charge is 2.38. The summed E-state index contributed by atoms with van der Waals surface area (Å²) in [6.45, 7) is 4.62. The molecule has 0 radical (unpaired) electrons. The zero-order chi connectivity index (χ0) is 10.8. The number of hydrogen-bond donors (Lipinski definition) is 1. The first-order valence-electron chi connectivity index (χ1n) is 5.48. The van der Waals surface area contributed by atoms with E-state index in [4.69, 9.17) is 5.73 Å². The van der Waals surface area contributed by atoms with Crippen LogP contribution in [-0.4, -0.2) is 30.4 Å². The fourth-order valence-corrected chi connectivity index (χ4v) is 2.15. The van der Waals surface area contributed by atoms with E-state index in [-0.39, 0.29) is 17.4 Å². The van der Waals surface area contributed by atoms with Gasteiger partial charge in [0.1, 0.15) is 0 Å². The molecule has 0 saturated heterocycles. The molecule has 0 heterocycles. The number of carbonyl (C=O) groups is 1. The van der Waals surface area contributed by atoms with Crippen molar-refractivity contribution in [2.75, 3.05) is 13.6 Å². The molecular weight excluding hydrogens is 176 g/mol. The molecule has 0 aliphatic heterocycles. The molecule has 1 aliphatic rings. The average molecular weight is 198 g/mol. The summed E-state index contributed by atoms with van der Waals surface area (Å²) in [6, 6.07) is 0.153. The number of hydrogen-bond acceptors (Lipinski definition) is 2. The highest BCUT2D eigenvalue weighted by atomic mass is 16.2. The maximum Gasteiger partial charge on any atom is 0.228 e. The molecule has 2 N–H and O–H groups in total. The molecule has 0 aromatic carbocycles. The summed E-state index contributed by atoms with van der Waals surface area (Å²) in [5.74, 6) is 0.271. The van der Waals surface area contributed by atoms with Gasteiger partial charge in [0.15, 0.2) is 0 Å². The zero-order valence-electron chi connectivity index (χ0n) is 9.55. The number of rotatable bonds is 3. The van der Waals surface area contributed by atoms with Crippen molar-refractivity contribution in [2.45, 2.75) is 45.6 Å². The lowest BCUT2D eigenvalue weighted by Crippen LogP contribution is -2.46. The third kappa shape index (κ3) is 2.08. The van der Waals surface area contributed by atoms with Crippen LogP contribution in [0.5, 0.6) is 0 Å². The van der Waals surface area contributed by atoms with Crippen LogP contribution in [0.15, 0.2) is 0 Å². The van der Waals surface area contributed by atoms with Crippen LogP contribution in [0.4, 0.5) is 0 Å². The number of likely N-dealkylation sites (N-methyl/N-ethyl adjacent to an activating group) is 1. The van der Waals surface area contributed by atoms with Gasteiger partial charge >= 0.3 is 0 Å². The van der Waals surface area contributed by atoms with Gasteiger partial charge in [-0.25, -0.2) is 0 Å². The van der Waals surface area contributed by atoms with E-state index in [1.54, 1.807) is 0 Å². The predicted octanol–water partition coefficient (Wildman–Crippen LogP) is 1.37. The Hall–Kier alpha value is -0.570. The Morgan fingerprint density at radius 2 is 2.00 bits per heavy atom. The van der Waals surface area contributed by atoms with Crippen LogP contribution >= 0.6 is 0 Å². The maximum atomic E-state index is 12.1. The molecule has 1 fully saturated rings. The summed E-state index contributed by atoms with van der Waals surface area (Å²) >= 11 is 0. The van der Waals surface area contributed by atoms with Gasteiger partial charge in [-0.3, -0.25) is 4.79 Å². The van der Waals surface area contributed by atoms with E-state index in [1.165, 1.54) is 12.8 Å². The van der Waals surface area contributed by atoms with Crippen LogP contribution in [0.25, 0.3) is 0 Å². The first-order chi connectivity index (χ1) is 6.51. The Morgan fingerprint density at radius 1 is 1.50 bits per heavy atom. The molecule has 0 aromatic heterocycles. The molecular formula is C11H22N2O. The molecule has 3 heteroatoms. The second-order valence-electron chi connectivity index (χ2n) is 4.77. The number of nitrogens with two attached hydrogens (primary N) is 1. The van der Waals surface area contributed by atoms with Gasteiger partial charge in [0.25, 0.3) is 0 Å². The summed E-state index contributed by atoms with van der Waals surface area (Å²) in [5, 5.41) is 0. The summed E-state index contributed by atoms with van der Waals surface area (Å²) < 4.78 is 0. The van der Waals surface area contributed by atoms with Crippen molar-refractivity contribution >= 4 is 5.91 Å². The third-order valence-electron chi connectivity index (χ3n) is 3.55. The molecule has 0 spiro atoms. The van der Waals surface area contributed by atoms with Crippen molar-refractivity contribution in [1.29, 1.82) is 0 Å². The summed E-state index contributed by atoms with van der Waals surface area (Å²) in [6.07, 6.45) is 4.45. The van der Waals surface area contributed by atoms with Gasteiger partial charge in [-0.05, 0) is 19.8 Å². The van der Waals surface area contributed by atoms with Gasteiger partial charge in [-0.2, -0.15) is 0 Å². The van der Waals surface area contributed by atoms with Crippen molar-refractivity contribution in [3.8, 4) is 0 Å². The van der Waals surface area contributed by atoms with E-state index < -0.39 is 0 Å². The van der Waals surface area contributed by atoms with E-state index in [2.05, 4.69) is 6.92 Å². The van der Waals surface area contributed by atoms with Gasteiger partial charge < -0.3 is 10.6 Å². The lowest BCUT2D eigenvalue weighted by Gasteiger charge is -2.32. The highest BCUT2D eigenvalue weighted by Crippen LogP contribution is 2.39. The minimum atomic E-state index is -0.113. The van der Waals surface area contributed by atoms with Crippen LogP contribution in [0.2, 0.25) is 0 Å². The van der Waals surface area contributed by atoms with Crippen molar-refractivity contribution in [3.05, 3.63) is 0 Å². The van der Waals surface area contributed by atoms with Crippen molar-refractivity contribution in [3.63, 3.8) is 0 Å². The minimum absolute atomic E-state index is 0.113. The highest BCUT2D eigenvalue weighted by molar-refractivity contribution is 5.82. The fraction of sp³-hybridized carbons (Fsp3) is 0.909. The van der Waals surface area contributed by atoms with E-state index in [9.17, 15) is 4.79 Å². The van der Waals surface area contributed by atoms with Crippen molar-refractivity contribution < 1.29 is 4.79 Å². The molecule has 0 aromatic rings. The van der Waals surface area contributed by atoms with Crippen LogP contribution in [0, 0.1) is 5.41 Å². The second kappa shape index (κ2) is 4.30. The minimum Gasteiger partial charge on any atom is -0.341 e. The SMILES string of the molecule is CC(CN)N(C)C(=O)C1(C)CCCC1. The normalized spacial score (nSPS) is 22.0. The van der Waals surface area contributed by atoms with E-state index in [0.717, 1.165) is 12.8 Å². The standard InChI is InChI=1S/C11H22N2O/c1-9(8-12)13(3)10(14)11(2)6-4-5-7-11/h9H,4-8,12H2,1-3H3. The molecule has 1 saturated carbocycles. The maximum absolute atomic E-state index is 12.1. The Morgan fingerprint density at radius 3 is 2.43 bits per heavy atom. The molecule has 0 bridgehead atoms. The average Bonchev–Trinajstić information content (AvgIpc) is 2.63. The smallest absolute Gasteiger partial charge is 0.228 e. The number of amides is 1. The first kappa shape index (κ1) is 11.5. The fourth-order valence-electron chi connectivity index (χ4n) is 2.15. The predicted molar refractivity (Wildman–Crippen MR) is 57.9 cm³/mol. The van der Waals surface area contributed by atoms with E-state index >= 15 is 0 Å². The second-order valence-corrected chi connectivity index (χ2v) is 4.77. The van der Waals surface area contributed by atoms with Gasteiger partial charge in [-0.1, -0.05) is 19.8 Å². The monoisotopic (exact) mass is 198 g/mol. The summed E-state index contributed by atoms with van der Waals surface area (Å²) in [5.41, 5.74) is 5.45. The molecule has 1 amide bonds. The Kier molecular flexibility index (Phi) is 3.53. The Labute approximate surface area is 86.6 Å². The zero-order valence-corrected chi connectivity index (χ0v) is 9.55. The molecule has 1 aliphatic carbocycles. The van der Waals surface area contributed by atoms with Crippen LogP contribution in [0.1, 0.15) is 39.5 Å². The molecule has 1 unspecified atom stereocenters.